The maximum Gasteiger partial charge on any atom is 0.343 e. The van der Waals surface area contributed by atoms with Crippen molar-refractivity contribution in [2.45, 2.75) is 46.6 Å². The Hall–Kier alpha value is -2.12. The lowest BCUT2D eigenvalue weighted by Gasteiger charge is -2.34. The minimum Gasteiger partial charge on any atom is -0.466 e. The van der Waals surface area contributed by atoms with Crippen molar-refractivity contribution in [3.05, 3.63) is 0 Å². The summed E-state index contributed by atoms with van der Waals surface area (Å²) in [6.45, 7) is 7.58. The van der Waals surface area contributed by atoms with E-state index in [0.717, 1.165) is 6.92 Å². The van der Waals surface area contributed by atoms with Crippen LogP contribution in [0.3, 0.4) is 0 Å². The van der Waals surface area contributed by atoms with Crippen molar-refractivity contribution in [2.24, 2.45) is 5.92 Å². The molecule has 0 bridgehead atoms. The first kappa shape index (κ1) is 20.9. The summed E-state index contributed by atoms with van der Waals surface area (Å²) in [6, 6.07) is 0. The van der Waals surface area contributed by atoms with Gasteiger partial charge in [0.15, 0.2) is 0 Å². The molecule has 0 saturated carbocycles. The van der Waals surface area contributed by atoms with Gasteiger partial charge in [0, 0.05) is 12.8 Å². The van der Waals surface area contributed by atoms with Crippen LogP contribution in [-0.4, -0.2) is 49.2 Å². The van der Waals surface area contributed by atoms with Gasteiger partial charge in [0.05, 0.1) is 26.2 Å². The van der Waals surface area contributed by atoms with E-state index in [-0.39, 0.29) is 26.2 Å². The smallest absolute Gasteiger partial charge is 0.343 e. The van der Waals surface area contributed by atoms with Crippen LogP contribution in [0.5, 0.6) is 0 Å². The third-order valence-corrected chi connectivity index (χ3v) is 3.09. The molecule has 0 rings (SSSR count). The number of hydrogen-bond donors (Lipinski definition) is 1. The van der Waals surface area contributed by atoms with Gasteiger partial charge in [0.25, 0.3) is 0 Å². The molecule has 132 valence electrons. The van der Waals surface area contributed by atoms with Crippen LogP contribution in [0.2, 0.25) is 0 Å². The second kappa shape index (κ2) is 9.81. The molecule has 1 amide bonds. The zero-order valence-electron chi connectivity index (χ0n) is 14.3. The van der Waals surface area contributed by atoms with Gasteiger partial charge in [-0.05, 0) is 20.8 Å². The van der Waals surface area contributed by atoms with Gasteiger partial charge in [0.2, 0.25) is 11.4 Å². The van der Waals surface area contributed by atoms with Gasteiger partial charge in [-0.3, -0.25) is 9.59 Å². The molecule has 1 atom stereocenters. The van der Waals surface area contributed by atoms with E-state index in [1.54, 1.807) is 20.8 Å². The molecule has 0 unspecified atom stereocenters. The summed E-state index contributed by atoms with van der Waals surface area (Å²) in [7, 11) is 0. The van der Waals surface area contributed by atoms with Crippen LogP contribution in [0, 0.1) is 5.92 Å². The number of carbonyl (C=O) groups is 4. The summed E-state index contributed by atoms with van der Waals surface area (Å²) in [5.41, 5.74) is -2.09. The molecule has 0 aliphatic carbocycles. The van der Waals surface area contributed by atoms with Gasteiger partial charge >= 0.3 is 17.9 Å². The van der Waals surface area contributed by atoms with Gasteiger partial charge in [-0.2, -0.15) is 0 Å². The Kier molecular flexibility index (Phi) is 8.90. The Morgan fingerprint density at radius 3 is 1.70 bits per heavy atom. The zero-order chi connectivity index (χ0) is 18.0. The van der Waals surface area contributed by atoms with Crippen molar-refractivity contribution in [1.82, 2.24) is 5.32 Å². The van der Waals surface area contributed by atoms with E-state index in [1.165, 1.54) is 6.92 Å². The van der Waals surface area contributed by atoms with Crippen LogP contribution in [-0.2, 0) is 33.4 Å². The molecule has 0 fully saturated rings. The lowest BCUT2D eigenvalue weighted by atomic mass is 9.82. The fourth-order valence-corrected chi connectivity index (χ4v) is 2.10. The highest BCUT2D eigenvalue weighted by molar-refractivity contribution is 6.08. The molecule has 0 aromatic heterocycles. The van der Waals surface area contributed by atoms with Gasteiger partial charge in [-0.1, -0.05) is 6.92 Å². The molecule has 8 heteroatoms. The van der Waals surface area contributed by atoms with Crippen molar-refractivity contribution in [3.63, 3.8) is 0 Å². The molecular formula is C15H25NO7. The van der Waals surface area contributed by atoms with Gasteiger partial charge in [-0.25, -0.2) is 9.59 Å². The van der Waals surface area contributed by atoms with E-state index >= 15 is 0 Å². The highest BCUT2D eigenvalue weighted by Crippen LogP contribution is 2.25. The SMILES string of the molecule is CCOC(=O)C[C@@H](C)C(NC(C)=O)(C(=O)OCC)C(=O)OCC. The Bertz CT molecular complexity index is 429. The fraction of sp³-hybridized carbons (Fsp3) is 0.733. The minimum atomic E-state index is -2.09. The predicted molar refractivity (Wildman–Crippen MR) is 80.2 cm³/mol. The molecular weight excluding hydrogens is 306 g/mol. The lowest BCUT2D eigenvalue weighted by molar-refractivity contribution is -0.172. The van der Waals surface area contributed by atoms with Crippen molar-refractivity contribution >= 4 is 23.8 Å². The number of nitrogens with one attached hydrogen (secondary N) is 1. The normalized spacial score (nSPS) is 12.0. The minimum absolute atomic E-state index is 0.00565. The van der Waals surface area contributed by atoms with Crippen LogP contribution in [0.4, 0.5) is 0 Å². The predicted octanol–water partition coefficient (Wildman–Crippen LogP) is 0.577. The molecule has 0 aromatic carbocycles. The molecule has 0 aromatic rings. The van der Waals surface area contributed by atoms with E-state index in [0.29, 0.717) is 0 Å². The molecule has 0 aliphatic heterocycles. The fourth-order valence-electron chi connectivity index (χ4n) is 2.10. The zero-order valence-corrected chi connectivity index (χ0v) is 14.3. The average molecular weight is 331 g/mol. The van der Waals surface area contributed by atoms with E-state index in [4.69, 9.17) is 14.2 Å². The van der Waals surface area contributed by atoms with Crippen molar-refractivity contribution < 1.29 is 33.4 Å². The number of rotatable bonds is 9. The largest absolute Gasteiger partial charge is 0.466 e. The Balaban J connectivity index is 5.76. The number of amides is 1. The first-order chi connectivity index (χ1) is 10.8. The van der Waals surface area contributed by atoms with Crippen molar-refractivity contribution in [1.29, 1.82) is 0 Å². The summed E-state index contributed by atoms with van der Waals surface area (Å²) >= 11 is 0. The summed E-state index contributed by atoms with van der Waals surface area (Å²) in [5, 5.41) is 2.31. The first-order valence-corrected chi connectivity index (χ1v) is 7.54. The van der Waals surface area contributed by atoms with Crippen LogP contribution in [0.1, 0.15) is 41.0 Å². The maximum atomic E-state index is 12.4. The Morgan fingerprint density at radius 2 is 1.35 bits per heavy atom. The van der Waals surface area contributed by atoms with Gasteiger partial charge < -0.3 is 19.5 Å². The molecule has 0 radical (unpaired) electrons. The number of esters is 3. The average Bonchev–Trinajstić information content (AvgIpc) is 2.44. The van der Waals surface area contributed by atoms with E-state index < -0.39 is 35.3 Å². The Morgan fingerprint density at radius 1 is 0.913 bits per heavy atom. The van der Waals surface area contributed by atoms with E-state index in [1.807, 2.05) is 0 Å². The second-order valence-electron chi connectivity index (χ2n) is 4.84. The topological polar surface area (TPSA) is 108 Å². The third-order valence-electron chi connectivity index (χ3n) is 3.09. The van der Waals surface area contributed by atoms with Gasteiger partial charge in [0.1, 0.15) is 0 Å². The quantitative estimate of drug-likeness (QED) is 0.374. The van der Waals surface area contributed by atoms with Crippen LogP contribution in [0.25, 0.3) is 0 Å². The lowest BCUT2D eigenvalue weighted by Crippen LogP contribution is -2.65. The molecule has 0 heterocycles. The molecule has 1 N–H and O–H groups in total. The number of ether oxygens (including phenoxy) is 3. The van der Waals surface area contributed by atoms with Crippen LogP contribution < -0.4 is 5.32 Å². The summed E-state index contributed by atoms with van der Waals surface area (Å²) in [4.78, 5) is 48.1. The van der Waals surface area contributed by atoms with Crippen molar-refractivity contribution in [3.8, 4) is 0 Å². The highest BCUT2D eigenvalue weighted by atomic mass is 16.6. The van der Waals surface area contributed by atoms with E-state index in [9.17, 15) is 19.2 Å². The van der Waals surface area contributed by atoms with Crippen LogP contribution in [0.15, 0.2) is 0 Å². The molecule has 0 saturated heterocycles. The Labute approximate surface area is 135 Å². The van der Waals surface area contributed by atoms with Gasteiger partial charge in [-0.15, -0.1) is 0 Å². The first-order valence-electron chi connectivity index (χ1n) is 7.54. The van der Waals surface area contributed by atoms with E-state index in [2.05, 4.69) is 5.32 Å². The number of hydrogen-bond acceptors (Lipinski definition) is 7. The summed E-state index contributed by atoms with van der Waals surface area (Å²) in [5.74, 6) is -4.07. The monoisotopic (exact) mass is 331 g/mol. The second-order valence-corrected chi connectivity index (χ2v) is 4.84. The standard InChI is InChI=1S/C15H25NO7/c1-6-21-12(18)9-10(4)15(16-11(5)17,13(19)22-7-2)14(20)23-8-3/h10H,6-9H2,1-5H3,(H,16,17)/t10-/m1/s1. The number of carbonyl (C=O) groups excluding carboxylic acids is 4. The maximum absolute atomic E-state index is 12.4. The third kappa shape index (κ3) is 5.54. The molecule has 0 aliphatic rings. The van der Waals surface area contributed by atoms with Crippen LogP contribution >= 0.6 is 0 Å². The highest BCUT2D eigenvalue weighted by Gasteiger charge is 2.54. The summed E-state index contributed by atoms with van der Waals surface area (Å²) in [6.07, 6.45) is -0.258. The molecule has 23 heavy (non-hydrogen) atoms. The molecule has 0 spiro atoms. The molecule has 8 nitrogen and oxygen atoms in total. The van der Waals surface area contributed by atoms with Crippen molar-refractivity contribution in [2.75, 3.05) is 19.8 Å². The summed E-state index contributed by atoms with van der Waals surface area (Å²) < 4.78 is 14.7.